The average Bonchev–Trinajstić information content (AvgIpc) is 2.94. The molecule has 1 aromatic heterocycles. The second-order valence-electron chi connectivity index (χ2n) is 4.71. The van der Waals surface area contributed by atoms with Crippen LogP contribution in [0.2, 0.25) is 0 Å². The van der Waals surface area contributed by atoms with E-state index >= 15 is 0 Å². The highest BCUT2D eigenvalue weighted by atomic mass is 32.2. The number of hydrogen-bond donors (Lipinski definition) is 1. The van der Waals surface area contributed by atoms with Gasteiger partial charge in [0.25, 0.3) is 10.0 Å². The molecular weight excluding hydrogens is 288 g/mol. The van der Waals surface area contributed by atoms with E-state index in [0.717, 1.165) is 0 Å². The number of hydrogen-bond acceptors (Lipinski definition) is 4. The van der Waals surface area contributed by atoms with E-state index in [2.05, 4.69) is 4.98 Å². The summed E-state index contributed by atoms with van der Waals surface area (Å²) in [6, 6.07) is 6.87. The van der Waals surface area contributed by atoms with Crippen molar-refractivity contribution in [2.45, 2.75) is 31.8 Å². The van der Waals surface area contributed by atoms with E-state index in [1.807, 2.05) is 13.8 Å². The number of aromatic nitrogens is 2. The summed E-state index contributed by atoms with van der Waals surface area (Å²) in [5.74, 6) is 0. The standard InChI is InChI=1S/C14H20N4O2S/c1-3-8-18(13-7-5-6-12(15)9-13)21(19,20)14-10-17(4-2)11-16-14/h5-7,9-11H,3-4,8,15H2,1-2H3. The summed E-state index contributed by atoms with van der Waals surface area (Å²) < 4.78 is 28.6. The normalized spacial score (nSPS) is 11.5. The Hall–Kier alpha value is -2.02. The van der Waals surface area contributed by atoms with Crippen LogP contribution in [0, 0.1) is 0 Å². The third-order valence-corrected chi connectivity index (χ3v) is 4.83. The fourth-order valence-corrected chi connectivity index (χ4v) is 3.52. The Morgan fingerprint density at radius 3 is 2.67 bits per heavy atom. The molecule has 1 heterocycles. The summed E-state index contributed by atoms with van der Waals surface area (Å²) in [6.07, 6.45) is 3.77. The van der Waals surface area contributed by atoms with Crippen molar-refractivity contribution >= 4 is 21.4 Å². The number of aryl methyl sites for hydroxylation is 1. The van der Waals surface area contributed by atoms with Gasteiger partial charge in [-0.25, -0.2) is 4.98 Å². The second-order valence-corrected chi connectivity index (χ2v) is 6.52. The summed E-state index contributed by atoms with van der Waals surface area (Å²) in [6.45, 7) is 4.92. The van der Waals surface area contributed by atoms with E-state index < -0.39 is 10.0 Å². The van der Waals surface area contributed by atoms with Gasteiger partial charge >= 0.3 is 0 Å². The van der Waals surface area contributed by atoms with Gasteiger partial charge in [0, 0.05) is 25.0 Å². The highest BCUT2D eigenvalue weighted by molar-refractivity contribution is 7.92. The third kappa shape index (κ3) is 3.18. The largest absolute Gasteiger partial charge is 0.399 e. The maximum Gasteiger partial charge on any atom is 0.283 e. The summed E-state index contributed by atoms with van der Waals surface area (Å²) in [5.41, 5.74) is 6.85. The molecule has 114 valence electrons. The van der Waals surface area contributed by atoms with Gasteiger partial charge in [0.2, 0.25) is 0 Å². The minimum absolute atomic E-state index is 0.0558. The second kappa shape index (κ2) is 6.17. The van der Waals surface area contributed by atoms with Crippen LogP contribution >= 0.6 is 0 Å². The minimum atomic E-state index is -3.68. The monoisotopic (exact) mass is 308 g/mol. The molecule has 0 aliphatic rings. The molecule has 0 bridgehead atoms. The zero-order valence-corrected chi connectivity index (χ0v) is 13.0. The first kappa shape index (κ1) is 15.4. The van der Waals surface area contributed by atoms with Crippen LogP contribution in [-0.4, -0.2) is 24.5 Å². The fourth-order valence-electron chi connectivity index (χ4n) is 2.03. The number of imidazole rings is 1. The van der Waals surface area contributed by atoms with Crippen LogP contribution in [0.5, 0.6) is 0 Å². The highest BCUT2D eigenvalue weighted by Crippen LogP contribution is 2.24. The fraction of sp³-hybridized carbons (Fsp3) is 0.357. The molecule has 0 spiro atoms. The Morgan fingerprint density at radius 1 is 1.33 bits per heavy atom. The van der Waals surface area contributed by atoms with E-state index in [0.29, 0.717) is 30.9 Å². The molecule has 0 saturated carbocycles. The first-order valence-electron chi connectivity index (χ1n) is 6.89. The first-order chi connectivity index (χ1) is 9.98. The van der Waals surface area contributed by atoms with Crippen molar-refractivity contribution in [1.29, 1.82) is 0 Å². The van der Waals surface area contributed by atoms with E-state index in [4.69, 9.17) is 5.73 Å². The van der Waals surface area contributed by atoms with Crippen LogP contribution in [0.25, 0.3) is 0 Å². The van der Waals surface area contributed by atoms with Gasteiger partial charge in [0.15, 0.2) is 5.03 Å². The predicted molar refractivity (Wildman–Crippen MR) is 83.6 cm³/mol. The Morgan fingerprint density at radius 2 is 2.10 bits per heavy atom. The maximum atomic E-state index is 12.8. The molecule has 0 radical (unpaired) electrons. The lowest BCUT2D eigenvalue weighted by atomic mass is 10.3. The zero-order valence-electron chi connectivity index (χ0n) is 12.2. The Labute approximate surface area is 125 Å². The van der Waals surface area contributed by atoms with Crippen LogP contribution in [0.1, 0.15) is 20.3 Å². The van der Waals surface area contributed by atoms with Crippen LogP contribution in [0.15, 0.2) is 41.8 Å². The molecule has 7 heteroatoms. The van der Waals surface area contributed by atoms with E-state index in [1.165, 1.54) is 10.6 Å². The number of nitrogens with zero attached hydrogens (tertiary/aromatic N) is 3. The number of sulfonamides is 1. The predicted octanol–water partition coefficient (Wildman–Crippen LogP) is 2.09. The molecule has 0 unspecified atom stereocenters. The van der Waals surface area contributed by atoms with Crippen LogP contribution in [0.4, 0.5) is 11.4 Å². The van der Waals surface area contributed by atoms with Gasteiger partial charge in [-0.05, 0) is 31.5 Å². The van der Waals surface area contributed by atoms with Gasteiger partial charge < -0.3 is 10.3 Å². The summed E-state index contributed by atoms with van der Waals surface area (Å²) in [4.78, 5) is 4.01. The van der Waals surface area contributed by atoms with Gasteiger partial charge in [-0.15, -0.1) is 0 Å². The van der Waals surface area contributed by atoms with Crippen molar-refractivity contribution < 1.29 is 8.42 Å². The Kier molecular flexibility index (Phi) is 4.52. The molecule has 2 aromatic rings. The van der Waals surface area contributed by atoms with Gasteiger partial charge in [-0.1, -0.05) is 13.0 Å². The van der Waals surface area contributed by atoms with Crippen molar-refractivity contribution in [3.05, 3.63) is 36.8 Å². The molecule has 2 N–H and O–H groups in total. The SMILES string of the molecule is CCCN(c1cccc(N)c1)S(=O)(=O)c1cn(CC)cn1. The lowest BCUT2D eigenvalue weighted by molar-refractivity contribution is 0.586. The van der Waals surface area contributed by atoms with Crippen molar-refractivity contribution in [3.63, 3.8) is 0 Å². The number of benzene rings is 1. The summed E-state index contributed by atoms with van der Waals surface area (Å²) >= 11 is 0. The number of rotatable bonds is 6. The molecule has 0 saturated heterocycles. The first-order valence-corrected chi connectivity index (χ1v) is 8.33. The zero-order chi connectivity index (χ0) is 15.5. The molecule has 0 fully saturated rings. The molecule has 0 atom stereocenters. The third-order valence-electron chi connectivity index (χ3n) is 3.11. The molecule has 1 aromatic carbocycles. The lowest BCUT2D eigenvalue weighted by Crippen LogP contribution is -2.32. The molecule has 0 aliphatic carbocycles. The van der Waals surface area contributed by atoms with Crippen molar-refractivity contribution in [2.75, 3.05) is 16.6 Å². The number of anilines is 2. The summed E-state index contributed by atoms with van der Waals surface area (Å²) in [7, 11) is -3.68. The lowest BCUT2D eigenvalue weighted by Gasteiger charge is -2.23. The molecule has 21 heavy (non-hydrogen) atoms. The molecule has 0 amide bonds. The quantitative estimate of drug-likeness (QED) is 0.829. The Bertz CT molecular complexity index is 709. The van der Waals surface area contributed by atoms with E-state index in [9.17, 15) is 8.42 Å². The van der Waals surface area contributed by atoms with Crippen molar-refractivity contribution in [1.82, 2.24) is 9.55 Å². The molecule has 2 rings (SSSR count). The van der Waals surface area contributed by atoms with Crippen LogP contribution in [-0.2, 0) is 16.6 Å². The average molecular weight is 308 g/mol. The minimum Gasteiger partial charge on any atom is -0.399 e. The van der Waals surface area contributed by atoms with Gasteiger partial charge in [0.1, 0.15) is 0 Å². The van der Waals surface area contributed by atoms with Crippen molar-refractivity contribution in [2.24, 2.45) is 0 Å². The molecular formula is C14H20N4O2S. The number of nitrogens with two attached hydrogens (primary N) is 1. The van der Waals surface area contributed by atoms with Gasteiger partial charge in [-0.3, -0.25) is 4.31 Å². The van der Waals surface area contributed by atoms with E-state index in [1.54, 1.807) is 35.0 Å². The van der Waals surface area contributed by atoms with Crippen LogP contribution in [0.3, 0.4) is 0 Å². The van der Waals surface area contributed by atoms with E-state index in [-0.39, 0.29) is 5.03 Å². The maximum absolute atomic E-state index is 12.8. The topological polar surface area (TPSA) is 81.2 Å². The van der Waals surface area contributed by atoms with Crippen molar-refractivity contribution in [3.8, 4) is 0 Å². The molecule has 6 nitrogen and oxygen atoms in total. The smallest absolute Gasteiger partial charge is 0.283 e. The van der Waals surface area contributed by atoms with Crippen LogP contribution < -0.4 is 10.0 Å². The molecule has 0 aliphatic heterocycles. The highest BCUT2D eigenvalue weighted by Gasteiger charge is 2.26. The van der Waals surface area contributed by atoms with Gasteiger partial charge in [0.05, 0.1) is 12.0 Å². The summed E-state index contributed by atoms with van der Waals surface area (Å²) in [5, 5.41) is 0.0558. The van der Waals surface area contributed by atoms with Gasteiger partial charge in [-0.2, -0.15) is 8.42 Å². The number of nitrogen functional groups attached to an aromatic ring is 1. The Balaban J connectivity index is 2.45.